The van der Waals surface area contributed by atoms with Crippen molar-refractivity contribution in [1.82, 2.24) is 14.9 Å². The minimum absolute atomic E-state index is 0.0226. The summed E-state index contributed by atoms with van der Waals surface area (Å²) in [6, 6.07) is 1.77. The van der Waals surface area contributed by atoms with Crippen LogP contribution in [0.2, 0.25) is 0 Å². The fourth-order valence-electron chi connectivity index (χ4n) is 1.87. The third-order valence-corrected chi connectivity index (χ3v) is 2.75. The van der Waals surface area contributed by atoms with Gasteiger partial charge >= 0.3 is 5.69 Å². The standard InChI is InChI=1S/C10H12N4O2/c11-3-8-6-14(10(16)13-9(8)15)5-7-1-2-12-4-7/h6-7,12H,1-2,4-5H2,(H,13,15,16). The van der Waals surface area contributed by atoms with Gasteiger partial charge in [-0.1, -0.05) is 0 Å². The molecule has 1 aliphatic rings. The molecule has 1 unspecified atom stereocenters. The minimum Gasteiger partial charge on any atom is -0.316 e. The highest BCUT2D eigenvalue weighted by atomic mass is 16.2. The highest BCUT2D eigenvalue weighted by Gasteiger charge is 2.16. The number of nitrogens with one attached hydrogen (secondary N) is 2. The van der Waals surface area contributed by atoms with Gasteiger partial charge in [-0.05, 0) is 25.4 Å². The Balaban J connectivity index is 2.30. The molecule has 0 aliphatic carbocycles. The number of H-pyrrole nitrogens is 1. The highest BCUT2D eigenvalue weighted by molar-refractivity contribution is 5.21. The van der Waals surface area contributed by atoms with Crippen LogP contribution in [0.3, 0.4) is 0 Å². The predicted molar refractivity (Wildman–Crippen MR) is 57.0 cm³/mol. The molecule has 0 radical (unpaired) electrons. The number of aromatic amines is 1. The smallest absolute Gasteiger partial charge is 0.316 e. The Morgan fingerprint density at radius 1 is 1.56 bits per heavy atom. The summed E-state index contributed by atoms with van der Waals surface area (Å²) in [7, 11) is 0. The van der Waals surface area contributed by atoms with Gasteiger partial charge < -0.3 is 5.32 Å². The zero-order chi connectivity index (χ0) is 11.5. The SMILES string of the molecule is N#Cc1cn(CC2CCNC2)c(=O)[nH]c1=O. The van der Waals surface area contributed by atoms with Crippen LogP contribution in [0.5, 0.6) is 0 Å². The molecule has 6 nitrogen and oxygen atoms in total. The zero-order valence-corrected chi connectivity index (χ0v) is 8.69. The first-order chi connectivity index (χ1) is 7.70. The Morgan fingerprint density at radius 3 is 3.00 bits per heavy atom. The molecule has 0 aromatic carbocycles. The fraction of sp³-hybridized carbons (Fsp3) is 0.500. The number of nitrogens with zero attached hydrogens (tertiary/aromatic N) is 2. The normalized spacial score (nSPS) is 19.6. The molecule has 0 amide bonds. The zero-order valence-electron chi connectivity index (χ0n) is 8.69. The van der Waals surface area contributed by atoms with Crippen LogP contribution in [-0.2, 0) is 6.54 Å². The molecule has 1 aromatic heterocycles. The molecule has 2 rings (SSSR count). The van der Waals surface area contributed by atoms with Crippen molar-refractivity contribution >= 4 is 0 Å². The van der Waals surface area contributed by atoms with E-state index in [1.54, 1.807) is 6.07 Å². The molecule has 84 valence electrons. The van der Waals surface area contributed by atoms with E-state index in [0.717, 1.165) is 19.5 Å². The van der Waals surface area contributed by atoms with Crippen LogP contribution in [0.15, 0.2) is 15.8 Å². The van der Waals surface area contributed by atoms with Gasteiger partial charge in [-0.2, -0.15) is 5.26 Å². The molecule has 1 atom stereocenters. The van der Waals surface area contributed by atoms with Crippen LogP contribution in [-0.4, -0.2) is 22.6 Å². The number of hydrogen-bond donors (Lipinski definition) is 2. The lowest BCUT2D eigenvalue weighted by Crippen LogP contribution is -2.33. The summed E-state index contributed by atoms with van der Waals surface area (Å²) >= 11 is 0. The van der Waals surface area contributed by atoms with Gasteiger partial charge in [0.2, 0.25) is 0 Å². The van der Waals surface area contributed by atoms with Crippen molar-refractivity contribution in [2.24, 2.45) is 5.92 Å². The molecule has 1 aliphatic heterocycles. The van der Waals surface area contributed by atoms with Gasteiger partial charge in [0.05, 0.1) is 0 Å². The van der Waals surface area contributed by atoms with Gasteiger partial charge in [-0.3, -0.25) is 14.3 Å². The van der Waals surface area contributed by atoms with Gasteiger partial charge in [-0.15, -0.1) is 0 Å². The van der Waals surface area contributed by atoms with Crippen molar-refractivity contribution in [3.8, 4) is 6.07 Å². The molecule has 6 heteroatoms. The summed E-state index contributed by atoms with van der Waals surface area (Å²) in [6.07, 6.45) is 2.34. The molecular weight excluding hydrogens is 208 g/mol. The van der Waals surface area contributed by atoms with E-state index in [2.05, 4.69) is 10.3 Å². The lowest BCUT2D eigenvalue weighted by Gasteiger charge is -2.10. The number of hydrogen-bond acceptors (Lipinski definition) is 4. The van der Waals surface area contributed by atoms with E-state index in [9.17, 15) is 9.59 Å². The summed E-state index contributed by atoms with van der Waals surface area (Å²) in [5, 5.41) is 11.9. The van der Waals surface area contributed by atoms with Crippen molar-refractivity contribution in [2.75, 3.05) is 13.1 Å². The lowest BCUT2D eigenvalue weighted by atomic mass is 10.1. The first kappa shape index (κ1) is 10.6. The summed E-state index contributed by atoms with van der Waals surface area (Å²) in [5.74, 6) is 0.384. The summed E-state index contributed by atoms with van der Waals surface area (Å²) in [5.41, 5.74) is -1.09. The maximum Gasteiger partial charge on any atom is 0.328 e. The van der Waals surface area contributed by atoms with Crippen LogP contribution in [0.4, 0.5) is 0 Å². The molecule has 0 bridgehead atoms. The monoisotopic (exact) mass is 220 g/mol. The molecule has 1 aromatic rings. The largest absolute Gasteiger partial charge is 0.328 e. The molecule has 1 fully saturated rings. The first-order valence-corrected chi connectivity index (χ1v) is 5.15. The van der Waals surface area contributed by atoms with Gasteiger partial charge in [0.15, 0.2) is 0 Å². The van der Waals surface area contributed by atoms with Crippen molar-refractivity contribution in [2.45, 2.75) is 13.0 Å². The van der Waals surface area contributed by atoms with E-state index < -0.39 is 11.2 Å². The Kier molecular flexibility index (Phi) is 2.88. The van der Waals surface area contributed by atoms with E-state index in [0.29, 0.717) is 12.5 Å². The van der Waals surface area contributed by atoms with Crippen LogP contribution in [0.1, 0.15) is 12.0 Å². The topological polar surface area (TPSA) is 90.7 Å². The van der Waals surface area contributed by atoms with E-state index in [1.807, 2.05) is 0 Å². The predicted octanol–water partition coefficient (Wildman–Crippen LogP) is -0.982. The van der Waals surface area contributed by atoms with E-state index in [4.69, 9.17) is 5.26 Å². The molecular formula is C10H12N4O2. The molecule has 2 N–H and O–H groups in total. The highest BCUT2D eigenvalue weighted by Crippen LogP contribution is 2.08. The second kappa shape index (κ2) is 4.33. The fourth-order valence-corrected chi connectivity index (χ4v) is 1.87. The average Bonchev–Trinajstić information content (AvgIpc) is 2.75. The Bertz CT molecular complexity index is 531. The van der Waals surface area contributed by atoms with Crippen LogP contribution in [0, 0.1) is 17.2 Å². The summed E-state index contributed by atoms with van der Waals surface area (Å²) < 4.78 is 1.40. The lowest BCUT2D eigenvalue weighted by molar-refractivity contribution is 0.464. The first-order valence-electron chi connectivity index (χ1n) is 5.15. The van der Waals surface area contributed by atoms with Crippen molar-refractivity contribution in [3.63, 3.8) is 0 Å². The van der Waals surface area contributed by atoms with Crippen LogP contribution < -0.4 is 16.6 Å². The average molecular weight is 220 g/mol. The second-order valence-corrected chi connectivity index (χ2v) is 3.93. The second-order valence-electron chi connectivity index (χ2n) is 3.93. The molecule has 1 saturated heterocycles. The molecule has 2 heterocycles. The number of nitriles is 1. The quantitative estimate of drug-likeness (QED) is 0.670. The van der Waals surface area contributed by atoms with Gasteiger partial charge in [0, 0.05) is 12.7 Å². The molecule has 16 heavy (non-hydrogen) atoms. The van der Waals surface area contributed by atoms with Gasteiger partial charge in [0.25, 0.3) is 5.56 Å². The van der Waals surface area contributed by atoms with Crippen molar-refractivity contribution in [3.05, 3.63) is 32.6 Å². The maximum atomic E-state index is 11.5. The van der Waals surface area contributed by atoms with Gasteiger partial charge in [0.1, 0.15) is 11.6 Å². The van der Waals surface area contributed by atoms with Crippen LogP contribution >= 0.6 is 0 Å². The van der Waals surface area contributed by atoms with E-state index in [-0.39, 0.29) is 5.56 Å². The van der Waals surface area contributed by atoms with E-state index >= 15 is 0 Å². The van der Waals surface area contributed by atoms with Crippen molar-refractivity contribution < 1.29 is 0 Å². The summed E-state index contributed by atoms with van der Waals surface area (Å²) in [6.45, 7) is 2.36. The third kappa shape index (κ3) is 2.04. The van der Waals surface area contributed by atoms with Gasteiger partial charge in [-0.25, -0.2) is 4.79 Å². The minimum atomic E-state index is -0.617. The molecule has 0 spiro atoms. The Morgan fingerprint density at radius 2 is 2.38 bits per heavy atom. The number of aromatic nitrogens is 2. The van der Waals surface area contributed by atoms with Crippen LogP contribution in [0.25, 0.3) is 0 Å². The van der Waals surface area contributed by atoms with Crippen molar-refractivity contribution in [1.29, 1.82) is 5.26 Å². The van der Waals surface area contributed by atoms with E-state index in [1.165, 1.54) is 10.8 Å². The number of rotatable bonds is 2. The Hall–Kier alpha value is -1.87. The summed E-state index contributed by atoms with van der Waals surface area (Å²) in [4.78, 5) is 24.8. The Labute approximate surface area is 91.5 Å². The maximum absolute atomic E-state index is 11.5. The molecule has 0 saturated carbocycles. The third-order valence-electron chi connectivity index (χ3n) is 2.75.